The average Bonchev–Trinajstić information content (AvgIpc) is 3.15. The fraction of sp³-hybridized carbons (Fsp3) is 0.273. The van der Waals surface area contributed by atoms with E-state index in [2.05, 4.69) is 31.2 Å². The van der Waals surface area contributed by atoms with Gasteiger partial charge >= 0.3 is 12.1 Å². The van der Waals surface area contributed by atoms with Crippen LogP contribution >= 0.6 is 15.9 Å². The molecule has 166 valence electrons. The number of rotatable bonds is 5. The van der Waals surface area contributed by atoms with Gasteiger partial charge in [0.15, 0.2) is 5.82 Å². The highest BCUT2D eigenvalue weighted by molar-refractivity contribution is 9.10. The normalized spacial score (nSPS) is 20.4. The Hall–Kier alpha value is -3.40. The van der Waals surface area contributed by atoms with Crippen LogP contribution in [0.5, 0.6) is 5.75 Å². The van der Waals surface area contributed by atoms with Crippen molar-refractivity contribution in [3.8, 4) is 17.1 Å². The van der Waals surface area contributed by atoms with Crippen LogP contribution in [-0.2, 0) is 4.79 Å². The molecule has 4 rings (SSSR count). The van der Waals surface area contributed by atoms with E-state index < -0.39 is 23.5 Å². The van der Waals surface area contributed by atoms with E-state index >= 15 is 0 Å². The van der Waals surface area contributed by atoms with Crippen molar-refractivity contribution in [1.82, 2.24) is 14.9 Å². The van der Waals surface area contributed by atoms with Crippen molar-refractivity contribution < 1.29 is 24.9 Å². The number of carboxylic acids is 1. The smallest absolute Gasteiger partial charge is 0.407 e. The molecule has 10 heteroatoms. The molecule has 1 aliphatic heterocycles. The molecule has 1 amide bonds. The molecule has 2 aromatic carbocycles. The summed E-state index contributed by atoms with van der Waals surface area (Å²) in [6.45, 7) is 1.62. The van der Waals surface area contributed by atoms with Gasteiger partial charge in [-0.2, -0.15) is 0 Å². The average molecular weight is 501 g/mol. The summed E-state index contributed by atoms with van der Waals surface area (Å²) in [5, 5.41) is 33.7. The van der Waals surface area contributed by atoms with Gasteiger partial charge in [-0.05, 0) is 36.8 Å². The third kappa shape index (κ3) is 3.70. The van der Waals surface area contributed by atoms with Crippen molar-refractivity contribution in [2.75, 3.05) is 18.4 Å². The molecule has 2 heterocycles. The Morgan fingerprint density at radius 3 is 2.66 bits per heavy atom. The summed E-state index contributed by atoms with van der Waals surface area (Å²) >= 11 is 3.38. The number of nitrogens with one attached hydrogen (secondary N) is 1. The highest BCUT2D eigenvalue weighted by Crippen LogP contribution is 2.38. The summed E-state index contributed by atoms with van der Waals surface area (Å²) < 4.78 is 0.736. The van der Waals surface area contributed by atoms with Crippen LogP contribution in [-0.4, -0.2) is 61.4 Å². The number of amides is 1. The van der Waals surface area contributed by atoms with Crippen molar-refractivity contribution in [1.29, 1.82) is 0 Å². The fourth-order valence-electron chi connectivity index (χ4n) is 4.13. The van der Waals surface area contributed by atoms with Gasteiger partial charge in [-0.25, -0.2) is 14.8 Å². The number of fused-ring (bicyclic) bond motifs is 1. The number of halogens is 1. The molecule has 0 bridgehead atoms. The highest BCUT2D eigenvalue weighted by Gasteiger charge is 2.53. The number of anilines is 1. The van der Waals surface area contributed by atoms with Gasteiger partial charge in [0.2, 0.25) is 0 Å². The molecule has 0 saturated carbocycles. The number of nitrogens with zero attached hydrogens (tertiary/aromatic N) is 3. The van der Waals surface area contributed by atoms with Crippen molar-refractivity contribution in [3.63, 3.8) is 0 Å². The largest absolute Gasteiger partial charge is 0.507 e. The zero-order valence-electron chi connectivity index (χ0n) is 17.1. The number of likely N-dealkylation sites (tertiary alicyclic amines) is 1. The quantitative estimate of drug-likeness (QED) is 0.412. The minimum atomic E-state index is -1.30. The van der Waals surface area contributed by atoms with Crippen molar-refractivity contribution in [3.05, 3.63) is 46.9 Å². The first-order valence-electron chi connectivity index (χ1n) is 9.98. The molecule has 1 aliphatic rings. The molecule has 3 aromatic rings. The Morgan fingerprint density at radius 1 is 1.22 bits per heavy atom. The molecule has 1 aromatic heterocycles. The maximum Gasteiger partial charge on any atom is 0.407 e. The molecule has 0 aliphatic carbocycles. The minimum absolute atomic E-state index is 0.000732. The zero-order chi connectivity index (χ0) is 23.0. The number of aromatic nitrogens is 2. The summed E-state index contributed by atoms with van der Waals surface area (Å²) in [4.78, 5) is 34.1. The van der Waals surface area contributed by atoms with E-state index in [1.807, 2.05) is 12.1 Å². The number of para-hydroxylation sites is 1. The van der Waals surface area contributed by atoms with Crippen LogP contribution in [0.2, 0.25) is 0 Å². The third-order valence-corrected chi connectivity index (χ3v) is 6.48. The first-order valence-corrected chi connectivity index (χ1v) is 10.8. The number of carbonyl (C=O) groups is 2. The Morgan fingerprint density at radius 2 is 1.97 bits per heavy atom. The van der Waals surface area contributed by atoms with Crippen LogP contribution in [0.1, 0.15) is 13.3 Å². The molecule has 4 N–H and O–H groups in total. The summed E-state index contributed by atoms with van der Waals surface area (Å²) in [5.41, 5.74) is -0.292. The minimum Gasteiger partial charge on any atom is -0.507 e. The lowest BCUT2D eigenvalue weighted by Gasteiger charge is -2.30. The Labute approximate surface area is 191 Å². The number of phenols is 1. The summed E-state index contributed by atoms with van der Waals surface area (Å²) in [7, 11) is 0. The second kappa shape index (κ2) is 8.27. The summed E-state index contributed by atoms with van der Waals surface area (Å²) in [5.74, 6) is -0.429. The number of hydrogen-bond donors (Lipinski definition) is 4. The van der Waals surface area contributed by atoms with E-state index in [1.54, 1.807) is 31.2 Å². The molecule has 32 heavy (non-hydrogen) atoms. The van der Waals surface area contributed by atoms with Gasteiger partial charge in [-0.1, -0.05) is 35.0 Å². The van der Waals surface area contributed by atoms with E-state index in [0.717, 1.165) is 9.37 Å². The molecule has 1 saturated heterocycles. The van der Waals surface area contributed by atoms with E-state index in [-0.39, 0.29) is 31.1 Å². The number of aliphatic carboxylic acids is 1. The topological polar surface area (TPSA) is 136 Å². The van der Waals surface area contributed by atoms with Crippen molar-refractivity contribution in [2.45, 2.75) is 19.4 Å². The van der Waals surface area contributed by atoms with Gasteiger partial charge in [-0.3, -0.25) is 4.79 Å². The molecule has 0 spiro atoms. The standard InChI is InChI=1S/C22H21BrN4O5/c1-2-22(20(29)30)11-27(21(31)32)10-17(22)25-18-13-5-3-4-6-15(13)24-19(26-18)14-9-12(23)7-8-16(14)28/h3-9,17,28H,2,10-11H2,1H3,(H,29,30)(H,31,32)(H,24,25,26). The predicted octanol–water partition coefficient (Wildman–Crippen LogP) is 4.02. The molecule has 0 radical (unpaired) electrons. The van der Waals surface area contributed by atoms with Crippen LogP contribution in [0, 0.1) is 5.41 Å². The van der Waals surface area contributed by atoms with Crippen LogP contribution in [0.3, 0.4) is 0 Å². The van der Waals surface area contributed by atoms with E-state index in [4.69, 9.17) is 0 Å². The second-order valence-corrected chi connectivity index (χ2v) is 8.66. The molecule has 9 nitrogen and oxygen atoms in total. The van der Waals surface area contributed by atoms with Gasteiger partial charge in [0.1, 0.15) is 17.0 Å². The monoisotopic (exact) mass is 500 g/mol. The zero-order valence-corrected chi connectivity index (χ0v) is 18.7. The van der Waals surface area contributed by atoms with Gasteiger partial charge in [0.25, 0.3) is 0 Å². The lowest BCUT2D eigenvalue weighted by molar-refractivity contribution is -0.148. The fourth-order valence-corrected chi connectivity index (χ4v) is 4.49. The lowest BCUT2D eigenvalue weighted by atomic mass is 9.80. The lowest BCUT2D eigenvalue weighted by Crippen LogP contribution is -2.45. The van der Waals surface area contributed by atoms with E-state index in [9.17, 15) is 24.9 Å². The number of aromatic hydroxyl groups is 1. The molecule has 2 unspecified atom stereocenters. The van der Waals surface area contributed by atoms with Crippen LogP contribution in [0.15, 0.2) is 46.9 Å². The third-order valence-electron chi connectivity index (χ3n) is 5.98. The van der Waals surface area contributed by atoms with Crippen LogP contribution < -0.4 is 5.32 Å². The van der Waals surface area contributed by atoms with E-state index in [0.29, 0.717) is 22.3 Å². The van der Waals surface area contributed by atoms with Crippen molar-refractivity contribution >= 4 is 44.7 Å². The molecular formula is C22H21BrN4O5. The second-order valence-electron chi connectivity index (χ2n) is 7.75. The van der Waals surface area contributed by atoms with E-state index in [1.165, 1.54) is 6.07 Å². The van der Waals surface area contributed by atoms with Crippen LogP contribution in [0.25, 0.3) is 22.3 Å². The Kier molecular flexibility index (Phi) is 5.64. The number of hydrogen-bond acceptors (Lipinski definition) is 6. The van der Waals surface area contributed by atoms with Crippen molar-refractivity contribution in [2.24, 2.45) is 5.41 Å². The summed E-state index contributed by atoms with van der Waals surface area (Å²) in [6.07, 6.45) is -0.924. The Balaban J connectivity index is 1.84. The first-order chi connectivity index (χ1) is 15.2. The molecule has 1 fully saturated rings. The molecule has 2 atom stereocenters. The SMILES string of the molecule is CCC1(C(=O)O)CN(C(=O)O)CC1Nc1nc(-c2cc(Br)ccc2O)nc2ccccc12. The Bertz CT molecular complexity index is 1220. The first kappa shape index (κ1) is 21.8. The predicted molar refractivity (Wildman–Crippen MR) is 122 cm³/mol. The maximum absolute atomic E-state index is 12.2. The number of carboxylic acid groups (broad SMARTS) is 2. The number of benzene rings is 2. The summed E-state index contributed by atoms with van der Waals surface area (Å²) in [6, 6.07) is 11.4. The molecular weight excluding hydrogens is 480 g/mol. The number of phenolic OH excluding ortho intramolecular Hbond substituents is 1. The van der Waals surface area contributed by atoms with Gasteiger partial charge < -0.3 is 25.5 Å². The van der Waals surface area contributed by atoms with Gasteiger partial charge in [0, 0.05) is 22.9 Å². The van der Waals surface area contributed by atoms with Crippen LogP contribution in [0.4, 0.5) is 10.6 Å². The highest BCUT2D eigenvalue weighted by atomic mass is 79.9. The van der Waals surface area contributed by atoms with Gasteiger partial charge in [-0.15, -0.1) is 0 Å². The maximum atomic E-state index is 12.2. The van der Waals surface area contributed by atoms with Gasteiger partial charge in [0.05, 0.1) is 17.1 Å².